The first-order valence-electron chi connectivity index (χ1n) is 12.8. The number of likely N-dealkylation sites (tertiary alicyclic amines) is 2. The normalized spacial score (nSPS) is 19.1. The molecule has 2 aromatic heterocycles. The highest BCUT2D eigenvalue weighted by molar-refractivity contribution is 7.08. The molecule has 4 heterocycles. The third-order valence-electron chi connectivity index (χ3n) is 7.40. The first kappa shape index (κ1) is 26.5. The highest BCUT2D eigenvalue weighted by Crippen LogP contribution is 2.36. The van der Waals surface area contributed by atoms with Crippen LogP contribution < -0.4 is 10.6 Å². The zero-order valence-corrected chi connectivity index (χ0v) is 22.6. The van der Waals surface area contributed by atoms with Crippen LogP contribution in [0.1, 0.15) is 52.9 Å². The number of thiophene rings is 1. The SMILES string of the molecule is CC1C(c2nn(C(=O)c3ccsc3)c(N(C)Cc3ccc(C(=N)N)cc3)c2F)C(=O)CN1C(=O)N1CCCC1. The van der Waals surface area contributed by atoms with Gasteiger partial charge in [-0.15, -0.1) is 0 Å². The van der Waals surface area contributed by atoms with Gasteiger partial charge in [0.15, 0.2) is 17.4 Å². The molecule has 0 aliphatic carbocycles. The predicted octanol–water partition coefficient (Wildman–Crippen LogP) is 3.27. The van der Waals surface area contributed by atoms with E-state index in [2.05, 4.69) is 5.10 Å². The Labute approximate surface area is 229 Å². The van der Waals surface area contributed by atoms with Gasteiger partial charge in [0.2, 0.25) is 0 Å². The molecule has 0 radical (unpaired) electrons. The highest BCUT2D eigenvalue weighted by Gasteiger charge is 2.46. The minimum absolute atomic E-state index is 0.0577. The van der Waals surface area contributed by atoms with Gasteiger partial charge in [-0.25, -0.2) is 9.18 Å². The first-order chi connectivity index (χ1) is 18.7. The number of ketones is 1. The fraction of sp³-hybridized carbons (Fsp3) is 0.370. The van der Waals surface area contributed by atoms with Gasteiger partial charge >= 0.3 is 6.03 Å². The van der Waals surface area contributed by atoms with E-state index >= 15 is 4.39 Å². The van der Waals surface area contributed by atoms with Crippen molar-refractivity contribution in [2.75, 3.05) is 31.6 Å². The third-order valence-corrected chi connectivity index (χ3v) is 8.08. The Kier molecular flexibility index (Phi) is 7.21. The third kappa shape index (κ3) is 4.91. The van der Waals surface area contributed by atoms with Crippen LogP contribution in [-0.2, 0) is 11.3 Å². The molecule has 0 bridgehead atoms. The van der Waals surface area contributed by atoms with Crippen LogP contribution in [0, 0.1) is 11.2 Å². The van der Waals surface area contributed by atoms with Crippen molar-refractivity contribution in [1.29, 1.82) is 5.41 Å². The molecule has 39 heavy (non-hydrogen) atoms. The topological polar surface area (TPSA) is 129 Å². The van der Waals surface area contributed by atoms with Gasteiger partial charge < -0.3 is 20.4 Å². The molecule has 0 saturated carbocycles. The lowest BCUT2D eigenvalue weighted by Gasteiger charge is -2.28. The van der Waals surface area contributed by atoms with Crippen molar-refractivity contribution in [3.8, 4) is 0 Å². The molecule has 2 fully saturated rings. The number of nitrogens with zero attached hydrogens (tertiary/aromatic N) is 5. The summed E-state index contributed by atoms with van der Waals surface area (Å²) in [6.07, 6.45) is 1.84. The molecule has 3 aromatic rings. The first-order valence-corrected chi connectivity index (χ1v) is 13.7. The number of aromatic nitrogens is 2. The molecule has 2 atom stereocenters. The van der Waals surface area contributed by atoms with Gasteiger partial charge in [-0.2, -0.15) is 21.1 Å². The molecule has 12 heteroatoms. The van der Waals surface area contributed by atoms with Crippen molar-refractivity contribution in [2.24, 2.45) is 5.73 Å². The summed E-state index contributed by atoms with van der Waals surface area (Å²) < 4.78 is 17.3. The Morgan fingerprint density at radius 1 is 1.18 bits per heavy atom. The Bertz CT molecular complexity index is 1410. The van der Waals surface area contributed by atoms with Crippen LogP contribution in [0.5, 0.6) is 0 Å². The number of hydrogen-bond acceptors (Lipinski definition) is 7. The number of amides is 2. The van der Waals surface area contributed by atoms with E-state index in [-0.39, 0.29) is 42.3 Å². The maximum absolute atomic E-state index is 16.3. The fourth-order valence-electron chi connectivity index (χ4n) is 5.30. The van der Waals surface area contributed by atoms with E-state index in [1.165, 1.54) is 16.2 Å². The van der Waals surface area contributed by atoms with Crippen molar-refractivity contribution in [3.63, 3.8) is 0 Å². The number of nitrogens with two attached hydrogens (primary N) is 1. The van der Waals surface area contributed by atoms with Crippen LogP contribution in [0.3, 0.4) is 0 Å². The summed E-state index contributed by atoms with van der Waals surface area (Å²) >= 11 is 1.34. The molecule has 2 amide bonds. The quantitative estimate of drug-likeness (QED) is 0.358. The van der Waals surface area contributed by atoms with Crippen LogP contribution >= 0.6 is 11.3 Å². The number of carbonyl (C=O) groups excluding carboxylic acids is 3. The molecule has 1 aromatic carbocycles. The number of Topliss-reactive ketones (excluding diaryl/α,β-unsaturated/α-hetero) is 1. The van der Waals surface area contributed by atoms with Crippen LogP contribution in [0.4, 0.5) is 15.0 Å². The number of rotatable bonds is 6. The second-order valence-electron chi connectivity index (χ2n) is 10.0. The van der Waals surface area contributed by atoms with Gasteiger partial charge in [0, 0.05) is 43.7 Å². The summed E-state index contributed by atoms with van der Waals surface area (Å²) in [5, 5.41) is 15.4. The van der Waals surface area contributed by atoms with Gasteiger partial charge in [-0.05, 0) is 36.8 Å². The summed E-state index contributed by atoms with van der Waals surface area (Å²) in [4.78, 5) is 44.4. The minimum atomic E-state index is -0.991. The number of nitrogen functional groups attached to an aromatic ring is 1. The monoisotopic (exact) mass is 551 g/mol. The number of benzene rings is 1. The fourth-order valence-corrected chi connectivity index (χ4v) is 5.92. The summed E-state index contributed by atoms with van der Waals surface area (Å²) in [7, 11) is 1.64. The molecule has 10 nitrogen and oxygen atoms in total. The van der Waals surface area contributed by atoms with E-state index in [9.17, 15) is 14.4 Å². The minimum Gasteiger partial charge on any atom is -0.384 e. The lowest BCUT2D eigenvalue weighted by atomic mass is 9.96. The molecule has 0 spiro atoms. The Morgan fingerprint density at radius 2 is 1.87 bits per heavy atom. The van der Waals surface area contributed by atoms with E-state index in [0.717, 1.165) is 23.1 Å². The molecule has 2 unspecified atom stereocenters. The van der Waals surface area contributed by atoms with E-state index < -0.39 is 23.7 Å². The van der Waals surface area contributed by atoms with Crippen LogP contribution in [0.15, 0.2) is 41.1 Å². The number of urea groups is 1. The molecular weight excluding hydrogens is 521 g/mol. The van der Waals surface area contributed by atoms with Crippen molar-refractivity contribution in [2.45, 2.75) is 38.3 Å². The van der Waals surface area contributed by atoms with Gasteiger partial charge in [0.25, 0.3) is 5.91 Å². The van der Waals surface area contributed by atoms with Gasteiger partial charge in [-0.1, -0.05) is 24.3 Å². The van der Waals surface area contributed by atoms with E-state index in [1.54, 1.807) is 64.9 Å². The van der Waals surface area contributed by atoms with E-state index in [0.29, 0.717) is 24.2 Å². The largest absolute Gasteiger partial charge is 0.384 e. The van der Waals surface area contributed by atoms with Crippen LogP contribution in [0.2, 0.25) is 0 Å². The number of hydrogen-bond donors (Lipinski definition) is 2. The van der Waals surface area contributed by atoms with E-state index in [1.807, 2.05) is 0 Å². The highest BCUT2D eigenvalue weighted by atomic mass is 32.1. The van der Waals surface area contributed by atoms with Gasteiger partial charge in [0.05, 0.1) is 18.0 Å². The zero-order chi connectivity index (χ0) is 27.8. The molecule has 3 N–H and O–H groups in total. The second-order valence-corrected chi connectivity index (χ2v) is 10.8. The van der Waals surface area contributed by atoms with Crippen molar-refractivity contribution < 1.29 is 18.8 Å². The summed E-state index contributed by atoms with van der Waals surface area (Å²) in [6, 6.07) is 7.75. The van der Waals surface area contributed by atoms with Crippen molar-refractivity contribution >= 4 is 40.7 Å². The average molecular weight is 552 g/mol. The standard InChI is InChI=1S/C27H30FN7O3S/c1-16-21(20(36)14-34(16)27(38)33-10-3-4-11-33)23-22(28)25(35(31-23)26(37)19-9-12-39-15-19)32(2)13-17-5-7-18(8-6-17)24(29)30/h5-9,12,15-16,21H,3-4,10-11,13-14H2,1-2H3,(H3,29,30). The number of halogens is 1. The summed E-state index contributed by atoms with van der Waals surface area (Å²) in [5.74, 6) is -2.70. The van der Waals surface area contributed by atoms with Gasteiger partial charge in [-0.3, -0.25) is 15.0 Å². The lowest BCUT2D eigenvalue weighted by Crippen LogP contribution is -2.44. The molecular formula is C27H30FN7O3S. The Balaban J connectivity index is 1.50. The maximum atomic E-state index is 16.3. The lowest BCUT2D eigenvalue weighted by molar-refractivity contribution is -0.118. The number of amidine groups is 1. The van der Waals surface area contributed by atoms with Crippen molar-refractivity contribution in [3.05, 3.63) is 69.3 Å². The van der Waals surface area contributed by atoms with E-state index in [4.69, 9.17) is 11.1 Å². The maximum Gasteiger partial charge on any atom is 0.320 e. The summed E-state index contributed by atoms with van der Waals surface area (Å²) in [6.45, 7) is 3.11. The molecule has 2 aliphatic heterocycles. The Hall–Kier alpha value is -4.06. The average Bonchev–Trinajstić information content (AvgIpc) is 3.72. The number of carbonyl (C=O) groups is 3. The number of nitrogens with one attached hydrogen (secondary N) is 1. The molecule has 2 aliphatic rings. The zero-order valence-electron chi connectivity index (χ0n) is 21.8. The van der Waals surface area contributed by atoms with Crippen LogP contribution in [-0.4, -0.2) is 75.9 Å². The Morgan fingerprint density at radius 3 is 2.49 bits per heavy atom. The van der Waals surface area contributed by atoms with Crippen LogP contribution in [0.25, 0.3) is 0 Å². The molecule has 2 saturated heterocycles. The molecule has 5 rings (SSSR count). The number of anilines is 1. The second kappa shape index (κ2) is 10.6. The predicted molar refractivity (Wildman–Crippen MR) is 146 cm³/mol. The smallest absolute Gasteiger partial charge is 0.320 e. The molecule has 204 valence electrons. The van der Waals surface area contributed by atoms with Gasteiger partial charge in [0.1, 0.15) is 11.5 Å². The van der Waals surface area contributed by atoms with Crippen molar-refractivity contribution in [1.82, 2.24) is 19.6 Å². The summed E-state index contributed by atoms with van der Waals surface area (Å²) in [5.41, 5.74) is 7.12.